The Hall–Kier alpha value is -6.98. The van der Waals surface area contributed by atoms with Gasteiger partial charge >= 0.3 is 23.9 Å². The van der Waals surface area contributed by atoms with E-state index in [1.54, 1.807) is 9.80 Å². The molecule has 6 N–H and O–H groups in total. The summed E-state index contributed by atoms with van der Waals surface area (Å²) >= 11 is 0. The summed E-state index contributed by atoms with van der Waals surface area (Å²) in [6.07, 6.45) is 0. The van der Waals surface area contributed by atoms with Crippen LogP contribution in [0.2, 0.25) is 0 Å². The van der Waals surface area contributed by atoms with Gasteiger partial charge in [0, 0.05) is 44.8 Å². The zero-order valence-electron chi connectivity index (χ0n) is 27.6. The molecule has 2 aliphatic rings. The van der Waals surface area contributed by atoms with Gasteiger partial charge in [0.2, 0.25) is 5.91 Å². The van der Waals surface area contributed by atoms with Gasteiger partial charge in [0.1, 0.15) is 0 Å². The molecule has 0 fully saturated rings. The molecule has 12 bridgehead atoms. The third-order valence-electron chi connectivity index (χ3n) is 8.56. The number of rotatable bonds is 5. The van der Waals surface area contributed by atoms with Crippen LogP contribution in [-0.2, 0) is 39.3 Å². The highest BCUT2D eigenvalue weighted by Gasteiger charge is 2.23. The highest BCUT2D eigenvalue weighted by atomic mass is 16.4. The van der Waals surface area contributed by atoms with E-state index >= 15 is 0 Å². The first kappa shape index (κ1) is 34.5. The van der Waals surface area contributed by atoms with E-state index in [0.717, 1.165) is 0 Å². The number of pyridine rings is 5. The number of carboxylic acid groups (broad SMARTS) is 4. The molecule has 0 aliphatic carbocycles. The highest BCUT2D eigenvalue weighted by molar-refractivity contribution is 5.93. The van der Waals surface area contributed by atoms with Crippen LogP contribution in [0.15, 0.2) is 60.7 Å². The lowest BCUT2D eigenvalue weighted by Gasteiger charge is -2.23. The molecule has 0 saturated heterocycles. The Balaban J connectivity index is 1.55. The van der Waals surface area contributed by atoms with E-state index < -0.39 is 29.8 Å². The average molecular weight is 717 g/mol. The van der Waals surface area contributed by atoms with Gasteiger partial charge in [-0.15, -0.1) is 0 Å². The smallest absolute Gasteiger partial charge is 0.335 e. The molecule has 7 rings (SSSR count). The van der Waals surface area contributed by atoms with Crippen LogP contribution in [0.4, 0.5) is 0 Å². The lowest BCUT2D eigenvalue weighted by atomic mass is 10.1. The maximum atomic E-state index is 12.6. The molecular formula is C36H28N8O9. The lowest BCUT2D eigenvalue weighted by molar-refractivity contribution is 0.0685. The Labute approximate surface area is 299 Å². The van der Waals surface area contributed by atoms with Crippen LogP contribution in [0.3, 0.4) is 0 Å². The molecule has 0 aromatic carbocycles. The third-order valence-corrected chi connectivity index (χ3v) is 8.56. The van der Waals surface area contributed by atoms with Gasteiger partial charge in [0.25, 0.3) is 0 Å². The fourth-order valence-corrected chi connectivity index (χ4v) is 6.36. The summed E-state index contributed by atoms with van der Waals surface area (Å²) in [5, 5.41) is 40.2. The summed E-state index contributed by atoms with van der Waals surface area (Å²) < 4.78 is 0. The van der Waals surface area contributed by atoms with Crippen LogP contribution < -0.4 is 5.73 Å². The van der Waals surface area contributed by atoms with Gasteiger partial charge in [-0.05, 0) is 60.7 Å². The molecule has 53 heavy (non-hydrogen) atoms. The van der Waals surface area contributed by atoms with Gasteiger partial charge in [-0.2, -0.15) is 0 Å². The molecule has 0 spiro atoms. The van der Waals surface area contributed by atoms with E-state index in [-0.39, 0.29) is 113 Å². The SMILES string of the molecule is NC(=O)c1cc2nc(c1)C[N@]1Cc3cc(C(=O)O)cc(n3)-c3cc(C(=O)O)cc(n3)C[N@](C2)Cc2cc(C(=O)O)cc(n2)-c2cc(C(=O)O)cc(n2)C1. The van der Waals surface area contributed by atoms with E-state index in [2.05, 4.69) is 0 Å². The second kappa shape index (κ2) is 13.6. The van der Waals surface area contributed by atoms with E-state index in [1.165, 1.54) is 60.7 Å². The molecule has 5 aromatic heterocycles. The average Bonchev–Trinajstić information content (AvgIpc) is 3.10. The van der Waals surface area contributed by atoms with E-state index in [4.69, 9.17) is 30.7 Å². The molecule has 5 aromatic rings. The van der Waals surface area contributed by atoms with Gasteiger partial charge in [-0.1, -0.05) is 0 Å². The summed E-state index contributed by atoms with van der Waals surface area (Å²) in [6.45, 7) is -0.185. The first-order chi connectivity index (χ1) is 25.3. The second-order valence-electron chi connectivity index (χ2n) is 12.6. The quantitative estimate of drug-likeness (QED) is 0.175. The number of fused-ring (bicyclic) bond motifs is 12. The monoisotopic (exact) mass is 716 g/mol. The topological polar surface area (TPSA) is 263 Å². The minimum atomic E-state index is -1.27. The van der Waals surface area contributed by atoms with Crippen molar-refractivity contribution in [1.29, 1.82) is 0 Å². The first-order valence-corrected chi connectivity index (χ1v) is 16.0. The highest BCUT2D eigenvalue weighted by Crippen LogP contribution is 2.27. The Kier molecular flexibility index (Phi) is 8.86. The van der Waals surface area contributed by atoms with Crippen molar-refractivity contribution in [2.75, 3.05) is 0 Å². The molecule has 0 saturated carbocycles. The Bertz CT molecular complexity index is 2110. The third kappa shape index (κ3) is 7.55. The Morgan fingerprint density at radius 2 is 0.623 bits per heavy atom. The Morgan fingerprint density at radius 3 is 0.849 bits per heavy atom. The van der Waals surface area contributed by atoms with E-state index in [1.807, 2.05) is 0 Å². The maximum absolute atomic E-state index is 12.6. The number of nitrogens with zero attached hydrogens (tertiary/aromatic N) is 7. The summed E-state index contributed by atoms with van der Waals surface area (Å²) in [6, 6.07) is 13.6. The van der Waals surface area contributed by atoms with Crippen LogP contribution in [0.25, 0.3) is 22.8 Å². The van der Waals surface area contributed by atoms with Crippen molar-refractivity contribution in [2.24, 2.45) is 5.73 Å². The predicted octanol–water partition coefficient (Wildman–Crippen LogP) is 2.92. The van der Waals surface area contributed by atoms with Crippen molar-refractivity contribution in [3.05, 3.63) is 123 Å². The number of carboxylic acids is 4. The van der Waals surface area contributed by atoms with E-state index in [9.17, 15) is 44.4 Å². The molecule has 1 amide bonds. The van der Waals surface area contributed by atoms with Gasteiger partial charge in [0.15, 0.2) is 0 Å². The minimum absolute atomic E-state index is 0.0288. The van der Waals surface area contributed by atoms with Gasteiger partial charge in [-0.25, -0.2) is 39.1 Å². The molecule has 2 aliphatic heterocycles. The first-order valence-electron chi connectivity index (χ1n) is 16.0. The molecule has 17 heteroatoms. The van der Waals surface area contributed by atoms with Crippen molar-refractivity contribution in [1.82, 2.24) is 34.7 Å². The number of aromatic carboxylic acids is 4. The second-order valence-corrected chi connectivity index (χ2v) is 12.6. The Morgan fingerprint density at radius 1 is 0.396 bits per heavy atom. The number of carbonyl (C=O) groups excluding carboxylic acids is 1. The molecule has 17 nitrogen and oxygen atoms in total. The van der Waals surface area contributed by atoms with Gasteiger partial charge < -0.3 is 26.2 Å². The lowest BCUT2D eigenvalue weighted by Crippen LogP contribution is -2.26. The normalized spacial score (nSPS) is 16.2. The van der Waals surface area contributed by atoms with Crippen molar-refractivity contribution in [3.63, 3.8) is 0 Å². The molecule has 266 valence electrons. The summed E-state index contributed by atoms with van der Waals surface area (Å²) in [4.78, 5) is 89.0. The van der Waals surface area contributed by atoms with Gasteiger partial charge in [0.05, 0.1) is 79.2 Å². The van der Waals surface area contributed by atoms with Gasteiger partial charge in [-0.3, -0.25) is 19.6 Å². The summed E-state index contributed by atoms with van der Waals surface area (Å²) in [5.74, 6) is -5.80. The fourth-order valence-electron chi connectivity index (χ4n) is 6.36. The fraction of sp³-hybridized carbons (Fsp3) is 0.167. The van der Waals surface area contributed by atoms with Crippen LogP contribution in [0.1, 0.15) is 86.0 Å². The van der Waals surface area contributed by atoms with Crippen LogP contribution in [-0.4, -0.2) is 84.9 Å². The number of nitrogens with two attached hydrogens (primary N) is 1. The molecule has 0 unspecified atom stereocenters. The number of hydrogen-bond donors (Lipinski definition) is 5. The van der Waals surface area contributed by atoms with Crippen molar-refractivity contribution in [2.45, 2.75) is 39.3 Å². The summed E-state index contributed by atoms with van der Waals surface area (Å²) in [5.41, 5.74) is 7.43. The molecular weight excluding hydrogens is 688 g/mol. The number of carbonyl (C=O) groups is 5. The standard InChI is InChI=1S/C36H28N8O9/c37-32(45)17-1-22-11-43-13-24-3-18(33(46)47)7-28(39-24)30-9-20(35(50)51)5-26(41-30)15-44(12-23(2-17)38-22)16-27-6-21(36(52)53)10-31(42-27)29-8-19(34(48)49)4-25(14-43)40-29/h1-10H,11-16H2,(H2,37,45)(H,46,47)(H,48,49)(H,50,51)(H,52,53). The number of amides is 1. The minimum Gasteiger partial charge on any atom is -0.478 e. The zero-order valence-corrected chi connectivity index (χ0v) is 27.6. The molecule has 0 atom stereocenters. The number of aromatic nitrogens is 5. The molecule has 0 radical (unpaired) electrons. The largest absolute Gasteiger partial charge is 0.478 e. The van der Waals surface area contributed by atoms with E-state index in [0.29, 0.717) is 11.4 Å². The van der Waals surface area contributed by atoms with Crippen molar-refractivity contribution in [3.8, 4) is 22.8 Å². The zero-order chi connectivity index (χ0) is 37.6. The number of primary amides is 1. The predicted molar refractivity (Wildman–Crippen MR) is 181 cm³/mol. The van der Waals surface area contributed by atoms with Crippen molar-refractivity contribution < 1.29 is 44.4 Å². The summed E-state index contributed by atoms with van der Waals surface area (Å²) in [7, 11) is 0. The maximum Gasteiger partial charge on any atom is 0.335 e. The number of hydrogen-bond acceptors (Lipinski definition) is 12. The van der Waals surface area contributed by atoms with Crippen LogP contribution in [0, 0.1) is 0 Å². The van der Waals surface area contributed by atoms with Crippen LogP contribution >= 0.6 is 0 Å². The van der Waals surface area contributed by atoms with Crippen LogP contribution in [0.5, 0.6) is 0 Å². The molecule has 7 heterocycles. The van der Waals surface area contributed by atoms with Crippen molar-refractivity contribution >= 4 is 29.8 Å².